The molecule has 0 saturated heterocycles. The fourth-order valence-electron chi connectivity index (χ4n) is 5.80. The molecule has 15 nitrogen and oxygen atoms in total. The van der Waals surface area contributed by atoms with Crippen LogP contribution in [0.15, 0.2) is 79.0 Å². The Labute approximate surface area is 304 Å². The van der Waals surface area contributed by atoms with E-state index in [1.165, 1.54) is 23.2 Å². The number of ketones is 1. The first-order chi connectivity index (χ1) is 24.9. The summed E-state index contributed by atoms with van der Waals surface area (Å²) in [4.78, 5) is 93.6. The maximum atomic E-state index is 14.6. The van der Waals surface area contributed by atoms with E-state index in [-0.39, 0.29) is 23.2 Å². The van der Waals surface area contributed by atoms with Crippen LogP contribution >= 0.6 is 0 Å². The summed E-state index contributed by atoms with van der Waals surface area (Å²) in [6, 6.07) is 17.4. The fourth-order valence-corrected chi connectivity index (χ4v) is 5.80. The molecule has 0 spiro atoms. The molecule has 0 bridgehead atoms. The number of esters is 3. The molecule has 4 rings (SSSR count). The molecule has 1 aliphatic rings. The SMILES string of the molecule is CC(=O)Oc1cc(C2=CN(C(=O)c3ccccc3)C(C(C)C)C(=O)N2CC(=O)[C@@H](Cc2ccccc2)C(N)(O)C(=O)O)cc(OC(C)=O)c1OC(C)=O. The summed E-state index contributed by atoms with van der Waals surface area (Å²) in [6.45, 7) is 5.67. The van der Waals surface area contributed by atoms with Gasteiger partial charge in [0.2, 0.25) is 11.5 Å². The van der Waals surface area contributed by atoms with Gasteiger partial charge in [0.05, 0.1) is 18.2 Å². The molecule has 1 aliphatic heterocycles. The number of benzene rings is 3. The second-order valence-electron chi connectivity index (χ2n) is 12.6. The molecule has 0 saturated carbocycles. The largest absolute Gasteiger partial charge is 0.478 e. The van der Waals surface area contributed by atoms with E-state index in [2.05, 4.69) is 0 Å². The molecule has 2 unspecified atom stereocenters. The van der Waals surface area contributed by atoms with Gasteiger partial charge in [-0.25, -0.2) is 4.79 Å². The van der Waals surface area contributed by atoms with Gasteiger partial charge in [-0.1, -0.05) is 62.4 Å². The first-order valence-electron chi connectivity index (χ1n) is 16.4. The standard InChI is InChI=1S/C38H39N3O12/c1-21(2)33-36(47)40(20-30(45)28(38(39,50)37(48)49)16-25-12-8-6-9-13-25)29(19-41(33)35(46)26-14-10-7-11-15-26)27-17-31(51-22(3)42)34(53-24(5)44)32(18-27)52-23(4)43/h6-15,17-19,21,28,33,50H,16,20,39H2,1-5H3,(H,48,49)/t28-,33?,38?/m1/s1. The van der Waals surface area contributed by atoms with Crippen molar-refractivity contribution < 1.29 is 58.0 Å². The quantitative estimate of drug-likeness (QED) is 0.131. The number of rotatable bonds is 13. The second kappa shape index (κ2) is 16.4. The van der Waals surface area contributed by atoms with Gasteiger partial charge in [-0.15, -0.1) is 0 Å². The highest BCUT2D eigenvalue weighted by Crippen LogP contribution is 2.43. The lowest BCUT2D eigenvalue weighted by molar-refractivity contribution is -0.168. The van der Waals surface area contributed by atoms with Crippen molar-refractivity contribution in [1.29, 1.82) is 0 Å². The van der Waals surface area contributed by atoms with Crippen molar-refractivity contribution in [3.8, 4) is 17.2 Å². The lowest BCUT2D eigenvalue weighted by atomic mass is 9.85. The highest BCUT2D eigenvalue weighted by atomic mass is 16.6. The molecule has 1 heterocycles. The lowest BCUT2D eigenvalue weighted by Gasteiger charge is -2.41. The molecule has 3 aromatic carbocycles. The summed E-state index contributed by atoms with van der Waals surface area (Å²) in [7, 11) is 0. The molecule has 3 atom stereocenters. The Morgan fingerprint density at radius 2 is 1.34 bits per heavy atom. The van der Waals surface area contributed by atoms with Crippen molar-refractivity contribution >= 4 is 47.2 Å². The number of nitrogens with two attached hydrogens (primary N) is 1. The molecule has 0 fully saturated rings. The summed E-state index contributed by atoms with van der Waals surface area (Å²) in [6.07, 6.45) is 0.958. The fraction of sp³-hybridized carbons (Fsp3) is 0.289. The second-order valence-corrected chi connectivity index (χ2v) is 12.6. The topological polar surface area (TPSA) is 220 Å². The van der Waals surface area contributed by atoms with E-state index in [0.717, 1.165) is 25.7 Å². The van der Waals surface area contributed by atoms with Crippen LogP contribution in [-0.2, 0) is 35.2 Å². The molecule has 53 heavy (non-hydrogen) atoms. The Bertz CT molecular complexity index is 1920. The Morgan fingerprint density at radius 3 is 1.81 bits per heavy atom. The molecule has 278 valence electrons. The maximum absolute atomic E-state index is 14.6. The van der Waals surface area contributed by atoms with Crippen molar-refractivity contribution in [2.45, 2.75) is 52.8 Å². The van der Waals surface area contributed by atoms with Crippen LogP contribution in [0.3, 0.4) is 0 Å². The summed E-state index contributed by atoms with van der Waals surface area (Å²) >= 11 is 0. The van der Waals surface area contributed by atoms with Crippen LogP contribution in [0.4, 0.5) is 0 Å². The van der Waals surface area contributed by atoms with Crippen molar-refractivity contribution in [2.75, 3.05) is 6.54 Å². The van der Waals surface area contributed by atoms with Gasteiger partial charge < -0.3 is 34.2 Å². The van der Waals surface area contributed by atoms with E-state index in [1.54, 1.807) is 74.5 Å². The van der Waals surface area contributed by atoms with Crippen LogP contribution < -0.4 is 19.9 Å². The number of hydrogen-bond donors (Lipinski definition) is 3. The molecule has 3 aromatic rings. The number of carbonyl (C=O) groups excluding carboxylic acids is 6. The van der Waals surface area contributed by atoms with Crippen LogP contribution in [-0.4, -0.2) is 79.8 Å². The van der Waals surface area contributed by atoms with Crippen molar-refractivity contribution in [2.24, 2.45) is 17.6 Å². The van der Waals surface area contributed by atoms with E-state index in [1.807, 2.05) is 0 Å². The third kappa shape index (κ3) is 9.19. The van der Waals surface area contributed by atoms with Crippen LogP contribution in [0.25, 0.3) is 5.70 Å². The van der Waals surface area contributed by atoms with Gasteiger partial charge in [0.25, 0.3) is 11.8 Å². The normalized spacial score (nSPS) is 15.9. The van der Waals surface area contributed by atoms with Crippen molar-refractivity contribution in [1.82, 2.24) is 9.80 Å². The van der Waals surface area contributed by atoms with E-state index < -0.39 is 88.9 Å². The summed E-state index contributed by atoms with van der Waals surface area (Å²) < 4.78 is 15.9. The third-order valence-electron chi connectivity index (χ3n) is 8.19. The van der Waals surface area contributed by atoms with E-state index in [9.17, 15) is 43.8 Å². The predicted molar refractivity (Wildman–Crippen MR) is 187 cm³/mol. The Morgan fingerprint density at radius 1 is 0.830 bits per heavy atom. The molecule has 4 N–H and O–H groups in total. The van der Waals surface area contributed by atoms with Gasteiger partial charge in [0.15, 0.2) is 17.3 Å². The number of aliphatic hydroxyl groups is 1. The van der Waals surface area contributed by atoms with Crippen LogP contribution in [0.1, 0.15) is 56.1 Å². The Kier molecular flexibility index (Phi) is 12.3. The molecular formula is C38H39N3O12. The number of nitrogens with zero attached hydrogens (tertiary/aromatic N) is 2. The van der Waals surface area contributed by atoms with Gasteiger partial charge in [0.1, 0.15) is 6.04 Å². The number of carboxylic acid groups (broad SMARTS) is 1. The minimum atomic E-state index is -3.07. The predicted octanol–water partition coefficient (Wildman–Crippen LogP) is 2.93. The summed E-state index contributed by atoms with van der Waals surface area (Å²) in [5, 5.41) is 20.8. The first kappa shape index (κ1) is 39.6. The Balaban J connectivity index is 1.99. The molecule has 0 aromatic heterocycles. The minimum absolute atomic E-state index is 0.0662. The number of ether oxygens (including phenoxy) is 3. The minimum Gasteiger partial charge on any atom is -0.478 e. The number of carboxylic acids is 1. The zero-order valence-corrected chi connectivity index (χ0v) is 29.6. The average molecular weight is 730 g/mol. The Hall–Kier alpha value is -6.19. The van der Waals surface area contributed by atoms with Gasteiger partial charge in [-0.2, -0.15) is 0 Å². The molecule has 0 aliphatic carbocycles. The number of hydrogen-bond acceptors (Lipinski definition) is 12. The first-order valence-corrected chi connectivity index (χ1v) is 16.4. The number of Topliss-reactive ketones (excluding diaryl/α,β-unsaturated/α-hetero) is 1. The van der Waals surface area contributed by atoms with Crippen molar-refractivity contribution in [3.05, 3.63) is 95.7 Å². The van der Waals surface area contributed by atoms with Crippen LogP contribution in [0, 0.1) is 11.8 Å². The number of carbonyl (C=O) groups is 7. The number of amides is 2. The van der Waals surface area contributed by atoms with E-state index >= 15 is 0 Å². The van der Waals surface area contributed by atoms with E-state index in [0.29, 0.717) is 5.56 Å². The lowest BCUT2D eigenvalue weighted by Crippen LogP contribution is -2.60. The average Bonchev–Trinajstić information content (AvgIpc) is 3.08. The zero-order valence-electron chi connectivity index (χ0n) is 29.6. The van der Waals surface area contributed by atoms with Crippen molar-refractivity contribution in [3.63, 3.8) is 0 Å². The van der Waals surface area contributed by atoms with Crippen LogP contribution in [0.2, 0.25) is 0 Å². The van der Waals surface area contributed by atoms with Crippen LogP contribution in [0.5, 0.6) is 17.2 Å². The summed E-state index contributed by atoms with van der Waals surface area (Å²) in [5.74, 6) is -10.4. The zero-order chi connectivity index (χ0) is 39.2. The molecule has 2 amide bonds. The molecule has 15 heteroatoms. The molecular weight excluding hydrogens is 690 g/mol. The van der Waals surface area contributed by atoms with Gasteiger partial charge in [-0.05, 0) is 42.2 Å². The highest BCUT2D eigenvalue weighted by Gasteiger charge is 2.47. The monoisotopic (exact) mass is 729 g/mol. The maximum Gasteiger partial charge on any atom is 0.351 e. The van der Waals surface area contributed by atoms with Gasteiger partial charge in [-0.3, -0.25) is 34.5 Å². The molecule has 0 radical (unpaired) electrons. The highest BCUT2D eigenvalue weighted by molar-refractivity contribution is 6.04. The van der Waals surface area contributed by atoms with E-state index in [4.69, 9.17) is 19.9 Å². The smallest absolute Gasteiger partial charge is 0.351 e. The van der Waals surface area contributed by atoms with Gasteiger partial charge >= 0.3 is 23.9 Å². The number of aliphatic carboxylic acids is 1. The van der Waals surface area contributed by atoms with Gasteiger partial charge in [0, 0.05) is 38.1 Å². The third-order valence-corrected chi connectivity index (χ3v) is 8.19. The summed E-state index contributed by atoms with van der Waals surface area (Å²) in [5.41, 5.74) is 3.23.